The lowest BCUT2D eigenvalue weighted by Gasteiger charge is -2.29. The van der Waals surface area contributed by atoms with Gasteiger partial charge in [0.2, 0.25) is 17.7 Å². The Labute approximate surface area is 193 Å². The van der Waals surface area contributed by atoms with Crippen LogP contribution < -0.4 is 10.6 Å². The molecule has 4 heterocycles. The summed E-state index contributed by atoms with van der Waals surface area (Å²) in [6.45, 7) is 2.01. The van der Waals surface area contributed by atoms with Gasteiger partial charge in [0.1, 0.15) is 24.0 Å². The molecule has 1 fully saturated rings. The minimum absolute atomic E-state index is 0.0760. The normalized spacial score (nSPS) is 17.6. The van der Waals surface area contributed by atoms with Crippen LogP contribution in [0.1, 0.15) is 34.3 Å². The van der Waals surface area contributed by atoms with E-state index in [1.54, 1.807) is 29.1 Å². The first-order chi connectivity index (χ1) is 16.3. The van der Waals surface area contributed by atoms with Gasteiger partial charge in [-0.2, -0.15) is 5.10 Å². The third-order valence-electron chi connectivity index (χ3n) is 5.95. The van der Waals surface area contributed by atoms with Crippen LogP contribution in [0.4, 0.5) is 5.69 Å². The molecule has 2 aromatic heterocycles. The third-order valence-corrected chi connectivity index (χ3v) is 5.95. The summed E-state index contributed by atoms with van der Waals surface area (Å²) in [5.41, 5.74) is 3.76. The predicted molar refractivity (Wildman–Crippen MR) is 118 cm³/mol. The Morgan fingerprint density at radius 2 is 2.06 bits per heavy atom. The molecule has 0 radical (unpaired) electrons. The van der Waals surface area contributed by atoms with E-state index in [-0.39, 0.29) is 43.7 Å². The molecule has 1 saturated heterocycles. The Balaban J connectivity index is 1.29. The first-order valence-electron chi connectivity index (χ1n) is 10.8. The van der Waals surface area contributed by atoms with Crippen LogP contribution in [-0.4, -0.2) is 59.3 Å². The van der Waals surface area contributed by atoms with E-state index in [0.717, 1.165) is 5.56 Å². The molecule has 3 aromatic rings. The van der Waals surface area contributed by atoms with Crippen molar-refractivity contribution in [2.45, 2.75) is 38.9 Å². The number of carbonyl (C=O) groups excluding carboxylic acids is 4. The van der Waals surface area contributed by atoms with E-state index in [9.17, 15) is 19.2 Å². The van der Waals surface area contributed by atoms with E-state index in [4.69, 9.17) is 0 Å². The number of nitrogens with zero attached hydrogens (tertiary/aromatic N) is 6. The molecule has 0 bridgehead atoms. The monoisotopic (exact) mass is 462 g/mol. The van der Waals surface area contributed by atoms with E-state index in [1.165, 1.54) is 9.58 Å². The number of aromatic nitrogens is 5. The number of rotatable bonds is 5. The summed E-state index contributed by atoms with van der Waals surface area (Å²) in [5, 5.41) is 17.6. The minimum Gasteiger partial charge on any atom is -0.324 e. The Hall–Kier alpha value is -4.35. The van der Waals surface area contributed by atoms with Gasteiger partial charge in [0, 0.05) is 43.0 Å². The predicted octanol–water partition coefficient (Wildman–Crippen LogP) is 0.387. The molecule has 2 N–H and O–H groups in total. The highest BCUT2D eigenvalue weighted by Crippen LogP contribution is 2.32. The maximum absolute atomic E-state index is 12.9. The van der Waals surface area contributed by atoms with Gasteiger partial charge in [-0.05, 0) is 31.0 Å². The van der Waals surface area contributed by atoms with Crippen LogP contribution in [0.5, 0.6) is 0 Å². The lowest BCUT2D eigenvalue weighted by molar-refractivity contribution is -0.137. The largest absolute Gasteiger partial charge is 0.324 e. The lowest BCUT2D eigenvalue weighted by atomic mass is 10.0. The minimum atomic E-state index is -0.718. The molecule has 5 rings (SSSR count). The Bertz CT molecular complexity index is 1340. The molecule has 0 saturated carbocycles. The molecule has 4 amide bonds. The molecule has 12 nitrogen and oxygen atoms in total. The van der Waals surface area contributed by atoms with Crippen LogP contribution in [-0.2, 0) is 34.5 Å². The maximum Gasteiger partial charge on any atom is 0.255 e. The number of hydrogen-bond donors (Lipinski definition) is 2. The molecule has 2 aliphatic rings. The van der Waals surface area contributed by atoms with E-state index in [0.29, 0.717) is 28.2 Å². The van der Waals surface area contributed by atoms with Gasteiger partial charge >= 0.3 is 0 Å². The molecule has 2 aliphatic heterocycles. The number of carbonyl (C=O) groups is 4. The molecule has 0 aliphatic carbocycles. The summed E-state index contributed by atoms with van der Waals surface area (Å²) >= 11 is 0. The molecular weight excluding hydrogens is 440 g/mol. The van der Waals surface area contributed by atoms with Crippen molar-refractivity contribution in [1.29, 1.82) is 0 Å². The number of imide groups is 1. The van der Waals surface area contributed by atoms with Crippen LogP contribution >= 0.6 is 0 Å². The zero-order valence-electron chi connectivity index (χ0n) is 18.6. The molecule has 12 heteroatoms. The van der Waals surface area contributed by atoms with Crippen LogP contribution in [0, 0.1) is 6.92 Å². The molecule has 1 aromatic carbocycles. The van der Waals surface area contributed by atoms with E-state index in [2.05, 4.69) is 26.0 Å². The summed E-state index contributed by atoms with van der Waals surface area (Å²) < 4.78 is 3.11. The Morgan fingerprint density at radius 3 is 2.79 bits per heavy atom. The molecule has 1 atom stereocenters. The van der Waals surface area contributed by atoms with Crippen LogP contribution in [0.15, 0.2) is 30.6 Å². The topological polar surface area (TPSA) is 144 Å². The average Bonchev–Trinajstić information content (AvgIpc) is 3.46. The van der Waals surface area contributed by atoms with Gasteiger partial charge in [0.15, 0.2) is 0 Å². The van der Waals surface area contributed by atoms with Crippen molar-refractivity contribution in [3.8, 4) is 11.4 Å². The van der Waals surface area contributed by atoms with Crippen molar-refractivity contribution >= 4 is 29.3 Å². The molecular formula is C22H22N8O4. The van der Waals surface area contributed by atoms with Crippen molar-refractivity contribution in [3.63, 3.8) is 0 Å². The third kappa shape index (κ3) is 3.83. The van der Waals surface area contributed by atoms with Crippen LogP contribution in [0.2, 0.25) is 0 Å². The molecule has 0 spiro atoms. The number of hydrogen-bond acceptors (Lipinski definition) is 7. The second-order valence-electron chi connectivity index (χ2n) is 8.42. The van der Waals surface area contributed by atoms with Crippen molar-refractivity contribution in [2.24, 2.45) is 7.05 Å². The summed E-state index contributed by atoms with van der Waals surface area (Å²) in [7, 11) is 1.82. The second-order valence-corrected chi connectivity index (χ2v) is 8.42. The molecule has 34 heavy (non-hydrogen) atoms. The van der Waals surface area contributed by atoms with Gasteiger partial charge < -0.3 is 10.2 Å². The average molecular weight is 462 g/mol. The van der Waals surface area contributed by atoms with E-state index < -0.39 is 11.9 Å². The second kappa shape index (κ2) is 8.21. The summed E-state index contributed by atoms with van der Waals surface area (Å²) in [6.07, 6.45) is 3.98. The first-order valence-corrected chi connectivity index (χ1v) is 10.8. The van der Waals surface area contributed by atoms with Gasteiger partial charge in [0.05, 0.1) is 6.20 Å². The molecule has 174 valence electrons. The fourth-order valence-corrected chi connectivity index (χ4v) is 4.38. The van der Waals surface area contributed by atoms with Crippen molar-refractivity contribution in [3.05, 3.63) is 47.3 Å². The van der Waals surface area contributed by atoms with E-state index in [1.807, 2.05) is 20.2 Å². The summed E-state index contributed by atoms with van der Waals surface area (Å²) in [5.74, 6) is -1.46. The fraction of sp³-hybridized carbons (Fsp3) is 0.318. The number of amides is 4. The van der Waals surface area contributed by atoms with Gasteiger partial charge in [-0.25, -0.2) is 4.68 Å². The zero-order chi connectivity index (χ0) is 24.0. The van der Waals surface area contributed by atoms with E-state index >= 15 is 0 Å². The number of fused-ring (bicyclic) bond motifs is 1. The number of piperidine rings is 1. The van der Waals surface area contributed by atoms with Crippen molar-refractivity contribution in [1.82, 2.24) is 35.0 Å². The van der Waals surface area contributed by atoms with Crippen molar-refractivity contribution < 1.29 is 19.2 Å². The van der Waals surface area contributed by atoms with Crippen molar-refractivity contribution in [2.75, 3.05) is 5.32 Å². The van der Waals surface area contributed by atoms with Gasteiger partial charge in [-0.15, -0.1) is 5.10 Å². The van der Waals surface area contributed by atoms with Gasteiger partial charge in [-0.3, -0.25) is 29.2 Å². The zero-order valence-corrected chi connectivity index (χ0v) is 18.6. The number of anilines is 1. The smallest absolute Gasteiger partial charge is 0.255 e. The fourth-order valence-electron chi connectivity index (χ4n) is 4.38. The highest BCUT2D eigenvalue weighted by atomic mass is 16.2. The van der Waals surface area contributed by atoms with Crippen LogP contribution in [0.3, 0.4) is 0 Å². The summed E-state index contributed by atoms with van der Waals surface area (Å²) in [6, 6.07) is 4.34. The van der Waals surface area contributed by atoms with Crippen LogP contribution in [0.25, 0.3) is 11.4 Å². The highest BCUT2D eigenvalue weighted by Gasteiger charge is 2.39. The first kappa shape index (κ1) is 21.5. The van der Waals surface area contributed by atoms with Gasteiger partial charge in [0.25, 0.3) is 5.91 Å². The lowest BCUT2D eigenvalue weighted by Crippen LogP contribution is -2.52. The number of nitrogens with one attached hydrogen (secondary N) is 2. The molecule has 1 unspecified atom stereocenters. The standard InChI is InChI=1S/C22H22N8O4/c1-12-8-28(2)26-20(12)16-10-29(27-25-16)11-19(32)23-15-5-3-4-13-14(15)9-30(22(13)34)17-6-7-18(31)24-21(17)33/h3-5,8,10,17H,6-7,9,11H2,1-2H3,(H,23,32)(H,24,31,33). The number of benzene rings is 1. The maximum atomic E-state index is 12.9. The van der Waals surface area contributed by atoms with Gasteiger partial charge in [-0.1, -0.05) is 11.3 Å². The quantitative estimate of drug-likeness (QED) is 0.522. The number of aryl methyl sites for hydroxylation is 2. The Morgan fingerprint density at radius 1 is 1.24 bits per heavy atom. The Kier molecular flexibility index (Phi) is 5.19. The summed E-state index contributed by atoms with van der Waals surface area (Å²) in [4.78, 5) is 50.8. The SMILES string of the molecule is Cc1cn(C)nc1-c1cn(CC(=O)Nc2cccc3c2CN(C2CCC(=O)NC2=O)C3=O)nn1. The highest BCUT2D eigenvalue weighted by molar-refractivity contribution is 6.06.